The fraction of sp³-hybridized carbons (Fsp3) is 0.154. The number of furan rings is 1. The Bertz CT molecular complexity index is 688. The number of primary amides is 1. The Kier molecular flexibility index (Phi) is 3.69. The normalized spacial score (nSPS) is 10.2. The van der Waals surface area contributed by atoms with Crippen molar-refractivity contribution in [3.05, 3.63) is 46.4 Å². The molecule has 20 heavy (non-hydrogen) atoms. The molecule has 0 aliphatic carbocycles. The van der Waals surface area contributed by atoms with E-state index in [2.05, 4.69) is 4.98 Å². The van der Waals surface area contributed by atoms with Gasteiger partial charge in [0.05, 0.1) is 18.5 Å². The van der Waals surface area contributed by atoms with E-state index in [1.807, 2.05) is 0 Å². The van der Waals surface area contributed by atoms with E-state index in [0.29, 0.717) is 11.5 Å². The maximum atomic E-state index is 12.0. The first-order valence-corrected chi connectivity index (χ1v) is 5.80. The minimum Gasteiger partial charge on any atom is -0.463 e. The maximum absolute atomic E-state index is 12.0. The highest BCUT2D eigenvalue weighted by molar-refractivity contribution is 5.96. The molecule has 2 rings (SSSR count). The van der Waals surface area contributed by atoms with E-state index < -0.39 is 17.4 Å². The van der Waals surface area contributed by atoms with Crippen LogP contribution in [0.4, 0.5) is 0 Å². The van der Waals surface area contributed by atoms with Gasteiger partial charge in [-0.3, -0.25) is 14.4 Å². The number of likely N-dealkylation sites (N-methyl/N-ethyl adjacent to an activating group) is 1. The first kappa shape index (κ1) is 13.6. The van der Waals surface area contributed by atoms with Crippen molar-refractivity contribution in [2.24, 2.45) is 5.73 Å². The van der Waals surface area contributed by atoms with Gasteiger partial charge in [-0.2, -0.15) is 0 Å². The number of hydrogen-bond acceptors (Lipinski definition) is 4. The summed E-state index contributed by atoms with van der Waals surface area (Å²) >= 11 is 0. The van der Waals surface area contributed by atoms with Crippen LogP contribution in [-0.4, -0.2) is 35.3 Å². The molecular weight excluding hydrogens is 262 g/mol. The number of pyridine rings is 1. The van der Waals surface area contributed by atoms with Gasteiger partial charge in [0.25, 0.3) is 11.5 Å². The maximum Gasteiger partial charge on any atom is 0.261 e. The molecule has 0 atom stereocenters. The molecule has 2 aromatic heterocycles. The molecule has 2 amide bonds. The highest BCUT2D eigenvalue weighted by Crippen LogP contribution is 2.15. The van der Waals surface area contributed by atoms with Gasteiger partial charge in [-0.1, -0.05) is 0 Å². The number of H-pyrrole nitrogens is 1. The first-order valence-electron chi connectivity index (χ1n) is 5.80. The second kappa shape index (κ2) is 5.43. The predicted molar refractivity (Wildman–Crippen MR) is 70.9 cm³/mol. The van der Waals surface area contributed by atoms with Gasteiger partial charge in [0, 0.05) is 7.05 Å². The third-order valence-corrected chi connectivity index (χ3v) is 2.67. The third kappa shape index (κ3) is 2.77. The largest absolute Gasteiger partial charge is 0.463 e. The lowest BCUT2D eigenvalue weighted by molar-refractivity contribution is -0.118. The van der Waals surface area contributed by atoms with Crippen molar-refractivity contribution in [3.8, 4) is 11.5 Å². The van der Waals surface area contributed by atoms with Crippen LogP contribution in [0.25, 0.3) is 11.5 Å². The van der Waals surface area contributed by atoms with E-state index in [1.54, 1.807) is 18.2 Å². The van der Waals surface area contributed by atoms with Crippen molar-refractivity contribution in [1.82, 2.24) is 9.88 Å². The van der Waals surface area contributed by atoms with Crippen molar-refractivity contribution in [2.45, 2.75) is 0 Å². The highest BCUT2D eigenvalue weighted by Gasteiger charge is 2.17. The molecule has 2 heterocycles. The quantitative estimate of drug-likeness (QED) is 0.830. The van der Waals surface area contributed by atoms with Gasteiger partial charge in [0.15, 0.2) is 0 Å². The lowest BCUT2D eigenvalue weighted by Gasteiger charge is -2.14. The minimum atomic E-state index is -0.649. The van der Waals surface area contributed by atoms with Crippen molar-refractivity contribution in [1.29, 1.82) is 0 Å². The average molecular weight is 275 g/mol. The van der Waals surface area contributed by atoms with E-state index in [-0.39, 0.29) is 12.1 Å². The number of carbonyl (C=O) groups is 2. The summed E-state index contributed by atoms with van der Waals surface area (Å²) in [7, 11) is 1.40. The van der Waals surface area contributed by atoms with E-state index in [4.69, 9.17) is 10.2 Å². The number of aromatic amines is 1. The Morgan fingerprint density at radius 2 is 2.10 bits per heavy atom. The van der Waals surface area contributed by atoms with Gasteiger partial charge < -0.3 is 20.0 Å². The molecular formula is C13H13N3O4. The van der Waals surface area contributed by atoms with Crippen molar-refractivity contribution in [3.63, 3.8) is 0 Å². The zero-order valence-corrected chi connectivity index (χ0v) is 10.8. The second-order valence-electron chi connectivity index (χ2n) is 4.22. The number of rotatable bonds is 4. The summed E-state index contributed by atoms with van der Waals surface area (Å²) in [6.07, 6.45) is 1.48. The highest BCUT2D eigenvalue weighted by atomic mass is 16.3. The molecule has 0 saturated carbocycles. The summed E-state index contributed by atoms with van der Waals surface area (Å²) in [6, 6.07) is 6.32. The fourth-order valence-corrected chi connectivity index (χ4v) is 1.73. The van der Waals surface area contributed by atoms with Gasteiger partial charge >= 0.3 is 0 Å². The fourth-order valence-electron chi connectivity index (χ4n) is 1.73. The molecule has 2 aromatic rings. The smallest absolute Gasteiger partial charge is 0.261 e. The summed E-state index contributed by atoms with van der Waals surface area (Å²) < 4.78 is 5.15. The monoisotopic (exact) mass is 275 g/mol. The van der Waals surface area contributed by atoms with E-state index in [0.717, 1.165) is 4.90 Å². The minimum absolute atomic E-state index is 0.0657. The van der Waals surface area contributed by atoms with Gasteiger partial charge in [-0.25, -0.2) is 0 Å². The molecule has 0 aliphatic rings. The number of nitrogens with one attached hydrogen (secondary N) is 1. The third-order valence-electron chi connectivity index (χ3n) is 2.67. The molecule has 0 aromatic carbocycles. The average Bonchev–Trinajstić information content (AvgIpc) is 2.90. The molecule has 7 nitrogen and oxygen atoms in total. The summed E-state index contributed by atoms with van der Waals surface area (Å²) in [5.74, 6) is -0.730. The second-order valence-corrected chi connectivity index (χ2v) is 4.22. The predicted octanol–water partition coefficient (Wildman–Crippen LogP) is 0.192. The zero-order chi connectivity index (χ0) is 14.7. The van der Waals surface area contributed by atoms with E-state index in [1.165, 1.54) is 19.4 Å². The van der Waals surface area contributed by atoms with Crippen LogP contribution in [0.1, 0.15) is 10.4 Å². The lowest BCUT2D eigenvalue weighted by atomic mass is 10.2. The summed E-state index contributed by atoms with van der Waals surface area (Å²) in [5, 5.41) is 0. The number of nitrogens with two attached hydrogens (primary N) is 1. The number of amides is 2. The van der Waals surface area contributed by atoms with E-state index >= 15 is 0 Å². The van der Waals surface area contributed by atoms with Crippen LogP contribution in [0, 0.1) is 0 Å². The van der Waals surface area contributed by atoms with Crippen LogP contribution in [0.3, 0.4) is 0 Å². The van der Waals surface area contributed by atoms with Gasteiger partial charge in [0.2, 0.25) is 5.91 Å². The molecule has 0 fully saturated rings. The van der Waals surface area contributed by atoms with Crippen LogP contribution in [0.5, 0.6) is 0 Å². The molecule has 0 unspecified atom stereocenters. The van der Waals surface area contributed by atoms with Gasteiger partial charge in [0.1, 0.15) is 11.3 Å². The molecule has 3 N–H and O–H groups in total. The molecule has 0 saturated heterocycles. The standard InChI is InChI=1S/C13H13N3O4/c1-16(7-11(14)17)13(19)8-4-5-9(15-12(8)18)10-3-2-6-20-10/h2-6H,7H2,1H3,(H2,14,17)(H,15,18). The SMILES string of the molecule is CN(CC(N)=O)C(=O)c1ccc(-c2ccco2)[nH]c1=O. The number of nitrogens with zero attached hydrogens (tertiary/aromatic N) is 1. The lowest BCUT2D eigenvalue weighted by Crippen LogP contribution is -2.37. The number of carbonyl (C=O) groups excluding carboxylic acids is 2. The van der Waals surface area contributed by atoms with Gasteiger partial charge in [-0.15, -0.1) is 0 Å². The molecule has 0 spiro atoms. The topological polar surface area (TPSA) is 109 Å². The van der Waals surface area contributed by atoms with Crippen LogP contribution < -0.4 is 11.3 Å². The Morgan fingerprint density at radius 3 is 2.65 bits per heavy atom. The summed E-state index contributed by atoms with van der Waals surface area (Å²) in [5.41, 5.74) is 4.85. The molecule has 0 radical (unpaired) electrons. The molecule has 104 valence electrons. The zero-order valence-electron chi connectivity index (χ0n) is 10.8. The van der Waals surface area contributed by atoms with Crippen molar-refractivity contribution >= 4 is 11.8 Å². The summed E-state index contributed by atoms with van der Waals surface area (Å²) in [4.78, 5) is 38.3. The van der Waals surface area contributed by atoms with Crippen LogP contribution in [0.15, 0.2) is 39.7 Å². The Morgan fingerprint density at radius 1 is 1.35 bits per heavy atom. The Labute approximate surface area is 114 Å². The Balaban J connectivity index is 2.28. The Hall–Kier alpha value is -2.83. The van der Waals surface area contributed by atoms with Crippen molar-refractivity contribution < 1.29 is 14.0 Å². The first-order chi connectivity index (χ1) is 9.49. The van der Waals surface area contributed by atoms with Gasteiger partial charge in [-0.05, 0) is 24.3 Å². The number of aromatic nitrogens is 1. The van der Waals surface area contributed by atoms with Crippen LogP contribution in [0.2, 0.25) is 0 Å². The van der Waals surface area contributed by atoms with E-state index in [9.17, 15) is 14.4 Å². The summed E-state index contributed by atoms with van der Waals surface area (Å²) in [6.45, 7) is -0.252. The number of hydrogen-bond donors (Lipinski definition) is 2. The molecule has 0 aliphatic heterocycles. The molecule has 0 bridgehead atoms. The molecule has 7 heteroatoms. The van der Waals surface area contributed by atoms with Crippen LogP contribution in [-0.2, 0) is 4.79 Å². The van der Waals surface area contributed by atoms with Crippen LogP contribution >= 0.6 is 0 Å². The van der Waals surface area contributed by atoms with Crippen molar-refractivity contribution in [2.75, 3.05) is 13.6 Å².